The van der Waals surface area contributed by atoms with Gasteiger partial charge in [0.1, 0.15) is 17.2 Å². The average molecular weight is 660 g/mol. The first-order valence-corrected chi connectivity index (χ1v) is 16.2. The molecule has 0 spiro atoms. The summed E-state index contributed by atoms with van der Waals surface area (Å²) < 4.78 is 18.1. The molecule has 0 radical (unpaired) electrons. The minimum Gasteiger partial charge on any atom is -0.494 e. The smallest absolute Gasteiger partial charge is 0.123 e. The lowest BCUT2D eigenvalue weighted by atomic mass is 10.1. The molecule has 5 nitrogen and oxygen atoms in total. The van der Waals surface area contributed by atoms with Crippen molar-refractivity contribution in [2.75, 3.05) is 19.8 Å². The van der Waals surface area contributed by atoms with E-state index in [2.05, 4.69) is 61.1 Å². The number of ether oxygens (including phenoxy) is 3. The van der Waals surface area contributed by atoms with Gasteiger partial charge in [-0.25, -0.2) is 0 Å². The molecule has 39 heavy (non-hydrogen) atoms. The second-order valence-electron chi connectivity index (χ2n) is 9.38. The highest BCUT2D eigenvalue weighted by Gasteiger charge is 2.11. The highest BCUT2D eigenvalue weighted by atomic mass is 79.9. The van der Waals surface area contributed by atoms with Crippen molar-refractivity contribution in [1.29, 1.82) is 0 Å². The molecule has 0 bridgehead atoms. The summed E-state index contributed by atoms with van der Waals surface area (Å²) in [6.07, 6.45) is 9.05. The van der Waals surface area contributed by atoms with Crippen molar-refractivity contribution >= 4 is 43.2 Å². The van der Waals surface area contributed by atoms with Crippen molar-refractivity contribution in [1.82, 2.24) is 0 Å². The molecule has 0 fully saturated rings. The fraction of sp³-hybridized carbons (Fsp3) is 0.438. The van der Waals surface area contributed by atoms with Gasteiger partial charge in [0, 0.05) is 21.8 Å². The summed E-state index contributed by atoms with van der Waals surface area (Å²) in [6.45, 7) is 4.40. The van der Waals surface area contributed by atoms with Gasteiger partial charge in [-0.1, -0.05) is 76.2 Å². The molecule has 0 amide bonds. The first-order chi connectivity index (χ1) is 19.2. The normalized spacial score (nSPS) is 11.2. The summed E-state index contributed by atoms with van der Waals surface area (Å²) in [5.41, 5.74) is 3.91. The molecule has 0 N–H and O–H groups in total. The van der Waals surface area contributed by atoms with Gasteiger partial charge in [-0.05, 0) is 80.6 Å². The molecule has 3 rings (SSSR count). The zero-order chi connectivity index (χ0) is 27.5. The summed E-state index contributed by atoms with van der Waals surface area (Å²) in [5, 5.41) is 10.00. The molecule has 3 aromatic rings. The number of nitrogens with zero attached hydrogens (tertiary/aromatic N) is 2. The van der Waals surface area contributed by atoms with Crippen LogP contribution in [0, 0.1) is 0 Å². The van der Waals surface area contributed by atoms with E-state index in [4.69, 9.17) is 14.2 Å². The van der Waals surface area contributed by atoms with E-state index in [1.807, 2.05) is 54.6 Å². The Labute approximate surface area is 250 Å². The minimum absolute atomic E-state index is 0.702. The van der Waals surface area contributed by atoms with E-state index in [1.54, 1.807) is 0 Å². The summed E-state index contributed by atoms with van der Waals surface area (Å²) >= 11 is 7.22. The van der Waals surface area contributed by atoms with Crippen molar-refractivity contribution in [2.24, 2.45) is 10.2 Å². The van der Waals surface area contributed by atoms with Crippen LogP contribution in [0.25, 0.3) is 0 Å². The van der Waals surface area contributed by atoms with E-state index in [0.717, 1.165) is 89.1 Å². The Morgan fingerprint density at radius 2 is 1.05 bits per heavy atom. The number of azo groups is 1. The van der Waals surface area contributed by atoms with Gasteiger partial charge in [-0.15, -0.1) is 0 Å². The molecule has 7 heteroatoms. The fourth-order valence-corrected chi connectivity index (χ4v) is 4.86. The predicted octanol–water partition coefficient (Wildman–Crippen LogP) is 10.9. The van der Waals surface area contributed by atoms with Gasteiger partial charge in [0.2, 0.25) is 0 Å². The van der Waals surface area contributed by atoms with E-state index in [-0.39, 0.29) is 0 Å². The van der Waals surface area contributed by atoms with Crippen LogP contribution in [0.3, 0.4) is 0 Å². The van der Waals surface area contributed by atoms with E-state index in [9.17, 15) is 0 Å². The van der Waals surface area contributed by atoms with Gasteiger partial charge < -0.3 is 14.2 Å². The van der Waals surface area contributed by atoms with Crippen LogP contribution in [0.2, 0.25) is 0 Å². The number of hydrogen-bond acceptors (Lipinski definition) is 5. The highest BCUT2D eigenvalue weighted by molar-refractivity contribution is 9.08. The second kappa shape index (κ2) is 18.8. The zero-order valence-electron chi connectivity index (χ0n) is 22.9. The number of benzene rings is 3. The Kier molecular flexibility index (Phi) is 15.0. The number of rotatable bonds is 19. The van der Waals surface area contributed by atoms with Crippen LogP contribution in [0.1, 0.15) is 69.4 Å². The Balaban J connectivity index is 1.31. The van der Waals surface area contributed by atoms with Crippen molar-refractivity contribution in [3.8, 4) is 17.2 Å². The van der Waals surface area contributed by atoms with Gasteiger partial charge in [-0.2, -0.15) is 10.2 Å². The Bertz CT molecular complexity index is 1110. The number of halogens is 2. The van der Waals surface area contributed by atoms with Gasteiger partial charge in [0.15, 0.2) is 0 Å². The van der Waals surface area contributed by atoms with E-state index in [0.29, 0.717) is 13.2 Å². The van der Waals surface area contributed by atoms with Crippen LogP contribution in [-0.4, -0.2) is 19.8 Å². The molecule has 0 saturated heterocycles. The van der Waals surface area contributed by atoms with Gasteiger partial charge >= 0.3 is 0 Å². The Hall–Kier alpha value is -2.38. The molecule has 210 valence electrons. The average Bonchev–Trinajstić information content (AvgIpc) is 2.98. The third-order valence-corrected chi connectivity index (χ3v) is 7.43. The van der Waals surface area contributed by atoms with Crippen LogP contribution in [0.5, 0.6) is 17.2 Å². The largest absolute Gasteiger partial charge is 0.494 e. The minimum atomic E-state index is 0.702. The van der Waals surface area contributed by atoms with Crippen molar-refractivity contribution in [3.63, 3.8) is 0 Å². The highest BCUT2D eigenvalue weighted by Crippen LogP contribution is 2.32. The molecule has 0 aliphatic carbocycles. The fourth-order valence-electron chi connectivity index (χ4n) is 3.98. The van der Waals surface area contributed by atoms with Crippen LogP contribution in [0.4, 0.5) is 11.4 Å². The molecule has 0 aliphatic heterocycles. The monoisotopic (exact) mass is 658 g/mol. The maximum absolute atomic E-state index is 6.16. The molecule has 0 saturated carbocycles. The lowest BCUT2D eigenvalue weighted by Crippen LogP contribution is -2.04. The van der Waals surface area contributed by atoms with Gasteiger partial charge in [-0.3, -0.25) is 0 Å². The van der Waals surface area contributed by atoms with Gasteiger partial charge in [0.05, 0.1) is 31.2 Å². The Morgan fingerprint density at radius 3 is 1.56 bits per heavy atom. The molecular formula is C32H40Br2N2O3. The summed E-state index contributed by atoms with van der Waals surface area (Å²) in [4.78, 5) is 0. The van der Waals surface area contributed by atoms with Crippen LogP contribution in [-0.2, 0) is 10.7 Å². The lowest BCUT2D eigenvalue weighted by Gasteiger charge is -2.16. The molecule has 0 aliphatic rings. The summed E-state index contributed by atoms with van der Waals surface area (Å²) in [6, 6.07) is 21.7. The van der Waals surface area contributed by atoms with Gasteiger partial charge in [0.25, 0.3) is 0 Å². The van der Waals surface area contributed by atoms with E-state index < -0.39 is 0 Å². The van der Waals surface area contributed by atoms with E-state index >= 15 is 0 Å². The number of unbranched alkanes of at least 4 members (excludes halogenated alkanes) is 6. The summed E-state index contributed by atoms with van der Waals surface area (Å²) in [5.74, 6) is 2.75. The molecule has 0 unspecified atom stereocenters. The maximum Gasteiger partial charge on any atom is 0.123 e. The quantitative estimate of drug-likeness (QED) is 0.0731. The molecule has 0 atom stereocenters. The third-order valence-electron chi connectivity index (χ3n) is 6.23. The lowest BCUT2D eigenvalue weighted by molar-refractivity contribution is 0.284. The predicted molar refractivity (Wildman–Crippen MR) is 168 cm³/mol. The number of alkyl halides is 2. The van der Waals surface area contributed by atoms with Crippen LogP contribution in [0.15, 0.2) is 77.0 Å². The second-order valence-corrected chi connectivity index (χ2v) is 10.5. The van der Waals surface area contributed by atoms with E-state index in [1.165, 1.54) is 19.3 Å². The van der Waals surface area contributed by atoms with Crippen LogP contribution < -0.4 is 14.2 Å². The standard InChI is InChI=1S/C32H40Br2N2O3/c1-2-3-4-10-20-38-31-22-27(25-34)32(23-26(31)24-33)39-21-12-6-5-11-19-37-30-17-15-29(16-18-30)36-35-28-13-8-7-9-14-28/h7-9,13-18,22-23H,2-6,10-12,19-21,24-25H2,1H3. The number of hydrogen-bond donors (Lipinski definition) is 0. The van der Waals surface area contributed by atoms with Crippen LogP contribution >= 0.6 is 31.9 Å². The summed E-state index contributed by atoms with van der Waals surface area (Å²) in [7, 11) is 0. The molecular weight excluding hydrogens is 620 g/mol. The molecule has 3 aromatic carbocycles. The first-order valence-electron chi connectivity index (χ1n) is 14.0. The maximum atomic E-state index is 6.16. The molecule has 0 aromatic heterocycles. The topological polar surface area (TPSA) is 52.4 Å². The SMILES string of the molecule is CCCCCCOc1cc(CBr)c(OCCCCCCOc2ccc(N=Nc3ccccc3)cc2)cc1CBr. The zero-order valence-corrected chi connectivity index (χ0v) is 26.1. The molecule has 0 heterocycles. The van der Waals surface area contributed by atoms with Crippen molar-refractivity contribution in [3.05, 3.63) is 77.9 Å². The van der Waals surface area contributed by atoms with Crippen molar-refractivity contribution < 1.29 is 14.2 Å². The first kappa shape index (κ1) is 31.2. The third kappa shape index (κ3) is 11.7. The Morgan fingerprint density at radius 1 is 0.564 bits per heavy atom. The van der Waals surface area contributed by atoms with Crippen molar-refractivity contribution in [2.45, 2.75) is 69.0 Å².